The van der Waals surface area contributed by atoms with Gasteiger partial charge in [0.15, 0.2) is 11.0 Å². The topological polar surface area (TPSA) is 103 Å². The number of nitro groups is 1. The molecule has 0 saturated carbocycles. The van der Waals surface area contributed by atoms with E-state index in [-0.39, 0.29) is 17.3 Å². The zero-order valence-electron chi connectivity index (χ0n) is 15.5. The van der Waals surface area contributed by atoms with Crippen LogP contribution in [-0.2, 0) is 11.3 Å². The minimum absolute atomic E-state index is 0.0704. The monoisotopic (exact) mass is 397 g/mol. The Balaban J connectivity index is 1.67. The van der Waals surface area contributed by atoms with Gasteiger partial charge in [0.1, 0.15) is 0 Å². The average Bonchev–Trinajstić information content (AvgIpc) is 3.10. The lowest BCUT2D eigenvalue weighted by Gasteiger charge is -2.08. The minimum Gasteiger partial charge on any atom is -0.325 e. The number of hydrogen-bond donors (Lipinski definition) is 1. The molecule has 0 atom stereocenters. The molecule has 28 heavy (non-hydrogen) atoms. The lowest BCUT2D eigenvalue weighted by molar-refractivity contribution is -0.384. The van der Waals surface area contributed by atoms with Gasteiger partial charge in [-0.2, -0.15) is 0 Å². The van der Waals surface area contributed by atoms with E-state index in [1.807, 2.05) is 42.7 Å². The predicted octanol–water partition coefficient (Wildman–Crippen LogP) is 3.91. The summed E-state index contributed by atoms with van der Waals surface area (Å²) in [4.78, 5) is 22.6. The molecule has 2 aromatic carbocycles. The third kappa shape index (κ3) is 4.55. The molecule has 0 spiro atoms. The van der Waals surface area contributed by atoms with Gasteiger partial charge in [-0.3, -0.25) is 14.9 Å². The quantitative estimate of drug-likeness (QED) is 0.368. The minimum atomic E-state index is -0.499. The van der Waals surface area contributed by atoms with Crippen molar-refractivity contribution in [1.82, 2.24) is 14.8 Å². The third-order valence-electron chi connectivity index (χ3n) is 4.02. The summed E-state index contributed by atoms with van der Waals surface area (Å²) in [6, 6.07) is 13.9. The second kappa shape index (κ2) is 8.66. The molecule has 0 unspecified atom stereocenters. The van der Waals surface area contributed by atoms with Gasteiger partial charge in [0.05, 0.1) is 10.7 Å². The summed E-state index contributed by atoms with van der Waals surface area (Å²) in [5, 5.41) is 22.6. The van der Waals surface area contributed by atoms with Crippen molar-refractivity contribution in [3.8, 4) is 11.4 Å². The molecule has 1 aromatic heterocycles. The molecule has 1 heterocycles. The van der Waals surface area contributed by atoms with E-state index in [0.717, 1.165) is 11.4 Å². The smallest absolute Gasteiger partial charge is 0.271 e. The van der Waals surface area contributed by atoms with Crippen LogP contribution in [0.15, 0.2) is 53.7 Å². The number of amides is 1. The summed E-state index contributed by atoms with van der Waals surface area (Å²) in [5.74, 6) is 0.603. The Hall–Kier alpha value is -3.20. The van der Waals surface area contributed by atoms with E-state index in [2.05, 4.69) is 15.5 Å². The highest BCUT2D eigenvalue weighted by Gasteiger charge is 2.15. The first-order valence-corrected chi connectivity index (χ1v) is 9.64. The number of anilines is 1. The van der Waals surface area contributed by atoms with E-state index in [9.17, 15) is 14.9 Å². The molecule has 3 aromatic rings. The van der Waals surface area contributed by atoms with Gasteiger partial charge in [0, 0.05) is 29.9 Å². The van der Waals surface area contributed by atoms with E-state index >= 15 is 0 Å². The Morgan fingerprint density at radius 2 is 1.96 bits per heavy atom. The fourth-order valence-electron chi connectivity index (χ4n) is 2.62. The molecular weight excluding hydrogens is 378 g/mol. The van der Waals surface area contributed by atoms with Gasteiger partial charge in [-0.25, -0.2) is 0 Å². The number of rotatable bonds is 7. The van der Waals surface area contributed by atoms with Crippen LogP contribution >= 0.6 is 11.8 Å². The molecular formula is C19H19N5O3S. The molecule has 8 nitrogen and oxygen atoms in total. The molecule has 0 bridgehead atoms. The molecule has 144 valence electrons. The van der Waals surface area contributed by atoms with Crippen LogP contribution in [0.1, 0.15) is 12.5 Å². The number of benzene rings is 2. The number of aryl methyl sites for hydroxylation is 1. The molecule has 0 radical (unpaired) electrons. The summed E-state index contributed by atoms with van der Waals surface area (Å²) in [7, 11) is 0. The van der Waals surface area contributed by atoms with Crippen molar-refractivity contribution in [1.29, 1.82) is 0 Å². The normalized spacial score (nSPS) is 10.6. The van der Waals surface area contributed by atoms with E-state index < -0.39 is 4.92 Å². The van der Waals surface area contributed by atoms with Gasteiger partial charge in [-0.15, -0.1) is 10.2 Å². The largest absolute Gasteiger partial charge is 0.325 e. The Bertz CT molecular complexity index is 1000. The van der Waals surface area contributed by atoms with Gasteiger partial charge in [-0.05, 0) is 19.9 Å². The molecule has 1 N–H and O–H groups in total. The van der Waals surface area contributed by atoms with E-state index in [4.69, 9.17) is 0 Å². The Morgan fingerprint density at radius 1 is 1.21 bits per heavy atom. The maximum absolute atomic E-state index is 12.2. The second-order valence-electron chi connectivity index (χ2n) is 6.06. The lowest BCUT2D eigenvalue weighted by Crippen LogP contribution is -2.14. The van der Waals surface area contributed by atoms with Crippen LogP contribution in [-0.4, -0.2) is 31.3 Å². The number of nitrogens with one attached hydrogen (secondary N) is 1. The number of non-ortho nitro benzene ring substituents is 1. The number of carbonyl (C=O) groups excluding carboxylic acids is 1. The van der Waals surface area contributed by atoms with Crippen molar-refractivity contribution in [3.63, 3.8) is 0 Å². The van der Waals surface area contributed by atoms with Gasteiger partial charge in [-0.1, -0.05) is 47.7 Å². The number of thioether (sulfide) groups is 1. The molecule has 1 amide bonds. The van der Waals surface area contributed by atoms with Crippen LogP contribution in [0.2, 0.25) is 0 Å². The first kappa shape index (κ1) is 19.6. The van der Waals surface area contributed by atoms with Crippen molar-refractivity contribution >= 4 is 29.0 Å². The van der Waals surface area contributed by atoms with E-state index in [1.165, 1.54) is 35.5 Å². The maximum atomic E-state index is 12.2. The molecule has 0 fully saturated rings. The summed E-state index contributed by atoms with van der Waals surface area (Å²) < 4.78 is 1.95. The van der Waals surface area contributed by atoms with E-state index in [1.54, 1.807) is 6.07 Å². The van der Waals surface area contributed by atoms with Gasteiger partial charge in [0.25, 0.3) is 5.69 Å². The van der Waals surface area contributed by atoms with Crippen LogP contribution in [0.4, 0.5) is 11.4 Å². The van der Waals surface area contributed by atoms with Crippen LogP contribution < -0.4 is 5.32 Å². The average molecular weight is 397 g/mol. The van der Waals surface area contributed by atoms with Gasteiger partial charge < -0.3 is 9.88 Å². The zero-order valence-corrected chi connectivity index (χ0v) is 16.3. The number of hydrogen-bond acceptors (Lipinski definition) is 6. The molecule has 0 aliphatic rings. The van der Waals surface area contributed by atoms with Gasteiger partial charge in [0.2, 0.25) is 5.91 Å². The fourth-order valence-corrected chi connectivity index (χ4v) is 3.42. The Morgan fingerprint density at radius 3 is 2.64 bits per heavy atom. The van der Waals surface area contributed by atoms with E-state index in [0.29, 0.717) is 17.4 Å². The maximum Gasteiger partial charge on any atom is 0.271 e. The molecule has 0 aliphatic heterocycles. The highest BCUT2D eigenvalue weighted by molar-refractivity contribution is 7.99. The standard InChI is InChI=1S/C19H19N5O3S/c1-3-23-18(14-9-7-13(2)8-10-14)21-22-19(23)28-12-17(25)20-15-5-4-6-16(11-15)24(26)27/h4-11H,3,12H2,1-2H3,(H,20,25). The lowest BCUT2D eigenvalue weighted by atomic mass is 10.1. The number of nitrogens with zero attached hydrogens (tertiary/aromatic N) is 4. The Kier molecular flexibility index (Phi) is 6.05. The van der Waals surface area contributed by atoms with Crippen LogP contribution in [0.3, 0.4) is 0 Å². The summed E-state index contributed by atoms with van der Waals surface area (Å²) >= 11 is 1.27. The number of nitro benzene ring substituents is 1. The molecule has 0 saturated heterocycles. The molecule has 9 heteroatoms. The van der Waals surface area contributed by atoms with Gasteiger partial charge >= 0.3 is 0 Å². The first-order chi connectivity index (χ1) is 13.5. The van der Waals surface area contributed by atoms with Crippen molar-refractivity contribution in [2.75, 3.05) is 11.1 Å². The van der Waals surface area contributed by atoms with Crippen molar-refractivity contribution < 1.29 is 9.72 Å². The van der Waals surface area contributed by atoms with Crippen molar-refractivity contribution in [2.45, 2.75) is 25.5 Å². The predicted molar refractivity (Wildman–Crippen MR) is 108 cm³/mol. The fraction of sp³-hybridized carbons (Fsp3) is 0.211. The highest BCUT2D eigenvalue weighted by Crippen LogP contribution is 2.24. The van der Waals surface area contributed by atoms with Crippen molar-refractivity contribution in [3.05, 3.63) is 64.2 Å². The van der Waals surface area contributed by atoms with Crippen molar-refractivity contribution in [2.24, 2.45) is 0 Å². The summed E-state index contributed by atoms with van der Waals surface area (Å²) in [6.07, 6.45) is 0. The highest BCUT2D eigenvalue weighted by atomic mass is 32.2. The third-order valence-corrected chi connectivity index (χ3v) is 4.98. The first-order valence-electron chi connectivity index (χ1n) is 8.65. The summed E-state index contributed by atoms with van der Waals surface area (Å²) in [5.41, 5.74) is 2.45. The van der Waals surface area contributed by atoms with Crippen LogP contribution in [0.25, 0.3) is 11.4 Å². The van der Waals surface area contributed by atoms with Crippen LogP contribution in [0.5, 0.6) is 0 Å². The second-order valence-corrected chi connectivity index (χ2v) is 7.00. The number of carbonyl (C=O) groups is 1. The van der Waals surface area contributed by atoms with Crippen LogP contribution in [0, 0.1) is 17.0 Å². The number of aromatic nitrogens is 3. The molecule has 0 aliphatic carbocycles. The SMILES string of the molecule is CCn1c(SCC(=O)Nc2cccc([N+](=O)[O-])c2)nnc1-c1ccc(C)cc1. The summed E-state index contributed by atoms with van der Waals surface area (Å²) in [6.45, 7) is 4.69. The zero-order chi connectivity index (χ0) is 20.1. The Labute approximate surface area is 166 Å². The molecule has 3 rings (SSSR count).